The molecule has 1 amide bonds. The fourth-order valence-electron chi connectivity index (χ4n) is 3.56. The van der Waals surface area contributed by atoms with Crippen LogP contribution in [0.3, 0.4) is 0 Å². The molecule has 1 saturated carbocycles. The Bertz CT molecular complexity index is 708. The number of halogens is 3. The summed E-state index contributed by atoms with van der Waals surface area (Å²) in [6.07, 6.45) is 0.153. The molecule has 0 bridgehead atoms. The fourth-order valence-corrected chi connectivity index (χ4v) is 3.56. The lowest BCUT2D eigenvalue weighted by Gasteiger charge is -2.33. The van der Waals surface area contributed by atoms with Crippen LogP contribution in [0.1, 0.15) is 37.7 Å². The number of hydrogen-bond donors (Lipinski definition) is 2. The Kier molecular flexibility index (Phi) is 4.83. The minimum absolute atomic E-state index is 0.108. The minimum Gasteiger partial charge on any atom is -0.361 e. The predicted octanol–water partition coefficient (Wildman–Crippen LogP) is 4.34. The van der Waals surface area contributed by atoms with Crippen LogP contribution < -0.4 is 5.32 Å². The van der Waals surface area contributed by atoms with Gasteiger partial charge in [0.15, 0.2) is 0 Å². The molecule has 1 fully saturated rings. The summed E-state index contributed by atoms with van der Waals surface area (Å²) < 4.78 is 39.2. The van der Waals surface area contributed by atoms with Crippen molar-refractivity contribution in [1.29, 1.82) is 0 Å². The second kappa shape index (κ2) is 6.87. The number of aryl methyl sites for hydroxylation is 1. The number of carbonyl (C=O) groups excluding carboxylic acids is 1. The van der Waals surface area contributed by atoms with Crippen LogP contribution in [0, 0.1) is 5.92 Å². The number of amides is 1. The van der Waals surface area contributed by atoms with Crippen molar-refractivity contribution in [3.8, 4) is 0 Å². The summed E-state index contributed by atoms with van der Waals surface area (Å²) in [6.45, 7) is 0. The van der Waals surface area contributed by atoms with E-state index in [1.165, 1.54) is 0 Å². The van der Waals surface area contributed by atoms with Crippen molar-refractivity contribution in [3.05, 3.63) is 36.0 Å². The van der Waals surface area contributed by atoms with Crippen molar-refractivity contribution < 1.29 is 18.0 Å². The first-order valence-corrected chi connectivity index (χ1v) is 8.36. The van der Waals surface area contributed by atoms with Gasteiger partial charge in [0.05, 0.1) is 5.92 Å². The number of H-pyrrole nitrogens is 1. The van der Waals surface area contributed by atoms with Gasteiger partial charge in [0.25, 0.3) is 0 Å². The Morgan fingerprint density at radius 3 is 2.75 bits per heavy atom. The van der Waals surface area contributed by atoms with Crippen LogP contribution in [0.2, 0.25) is 0 Å². The molecule has 130 valence electrons. The van der Waals surface area contributed by atoms with Crippen molar-refractivity contribution in [1.82, 2.24) is 10.3 Å². The summed E-state index contributed by atoms with van der Waals surface area (Å²) in [6, 6.07) is 6.99. The third-order valence-corrected chi connectivity index (χ3v) is 4.83. The summed E-state index contributed by atoms with van der Waals surface area (Å²) in [5.41, 5.74) is 2.01. The van der Waals surface area contributed by atoms with E-state index in [0.717, 1.165) is 22.9 Å². The minimum atomic E-state index is -4.24. The largest absolute Gasteiger partial charge is 0.393 e. The number of benzene rings is 1. The van der Waals surface area contributed by atoms with Gasteiger partial charge >= 0.3 is 6.18 Å². The van der Waals surface area contributed by atoms with Crippen molar-refractivity contribution in [2.24, 2.45) is 5.92 Å². The van der Waals surface area contributed by atoms with Gasteiger partial charge in [0.2, 0.25) is 5.91 Å². The monoisotopic (exact) mass is 338 g/mol. The highest BCUT2D eigenvalue weighted by Gasteiger charge is 2.45. The van der Waals surface area contributed by atoms with Crippen LogP contribution in [0.4, 0.5) is 13.2 Å². The number of aromatic amines is 1. The van der Waals surface area contributed by atoms with Gasteiger partial charge in [-0.1, -0.05) is 31.0 Å². The average Bonchev–Trinajstić information content (AvgIpc) is 2.96. The summed E-state index contributed by atoms with van der Waals surface area (Å²) >= 11 is 0. The number of fused-ring (bicyclic) bond motifs is 1. The lowest BCUT2D eigenvalue weighted by atomic mass is 9.84. The first kappa shape index (κ1) is 16.9. The van der Waals surface area contributed by atoms with Gasteiger partial charge in [-0.05, 0) is 30.9 Å². The number of hydrogen-bond acceptors (Lipinski definition) is 1. The Labute approximate surface area is 138 Å². The van der Waals surface area contributed by atoms with E-state index in [2.05, 4.69) is 10.3 Å². The number of para-hydroxylation sites is 1. The van der Waals surface area contributed by atoms with Crippen molar-refractivity contribution in [3.63, 3.8) is 0 Å². The number of carbonyl (C=O) groups is 1. The lowest BCUT2D eigenvalue weighted by Crippen LogP contribution is -2.47. The second-order valence-electron chi connectivity index (χ2n) is 6.47. The van der Waals surface area contributed by atoms with Crippen LogP contribution in [0.25, 0.3) is 10.9 Å². The van der Waals surface area contributed by atoms with Gasteiger partial charge in [-0.3, -0.25) is 4.79 Å². The average molecular weight is 338 g/mol. The second-order valence-corrected chi connectivity index (χ2v) is 6.47. The van der Waals surface area contributed by atoms with E-state index in [0.29, 0.717) is 19.3 Å². The molecule has 0 aliphatic heterocycles. The molecule has 0 saturated heterocycles. The molecule has 1 aromatic carbocycles. The highest BCUT2D eigenvalue weighted by Crippen LogP contribution is 2.37. The Balaban J connectivity index is 1.59. The zero-order valence-electron chi connectivity index (χ0n) is 13.3. The molecule has 1 aliphatic carbocycles. The summed E-state index contributed by atoms with van der Waals surface area (Å²) in [5, 5.41) is 3.67. The standard InChI is InChI=1S/C18H21F3N2O/c19-18(20,21)14-6-2-4-8-16(14)23-17(24)10-9-12-11-22-15-7-3-1-5-13(12)15/h1,3,5,7,11,14,16,22H,2,4,6,8-10H2,(H,23,24). The maximum atomic E-state index is 13.1. The normalized spacial score (nSPS) is 21.8. The van der Waals surface area contributed by atoms with E-state index in [-0.39, 0.29) is 18.7 Å². The molecule has 2 N–H and O–H groups in total. The highest BCUT2D eigenvalue weighted by atomic mass is 19.4. The zero-order valence-corrected chi connectivity index (χ0v) is 13.3. The summed E-state index contributed by atoms with van der Waals surface area (Å²) in [7, 11) is 0. The van der Waals surface area contributed by atoms with Gasteiger partial charge in [0.1, 0.15) is 0 Å². The molecule has 6 heteroatoms. The predicted molar refractivity (Wildman–Crippen MR) is 86.6 cm³/mol. The summed E-state index contributed by atoms with van der Waals surface area (Å²) in [4.78, 5) is 15.3. The van der Waals surface area contributed by atoms with Crippen LogP contribution in [-0.2, 0) is 11.2 Å². The van der Waals surface area contributed by atoms with Gasteiger partial charge < -0.3 is 10.3 Å². The quantitative estimate of drug-likeness (QED) is 0.856. The van der Waals surface area contributed by atoms with Crippen LogP contribution in [-0.4, -0.2) is 23.1 Å². The molecule has 2 unspecified atom stereocenters. The molecule has 0 spiro atoms. The molecule has 1 aromatic heterocycles. The van der Waals surface area contributed by atoms with Gasteiger partial charge in [-0.15, -0.1) is 0 Å². The molecule has 1 heterocycles. The van der Waals surface area contributed by atoms with E-state index in [1.807, 2.05) is 30.5 Å². The Morgan fingerprint density at radius 1 is 1.21 bits per heavy atom. The van der Waals surface area contributed by atoms with Crippen LogP contribution >= 0.6 is 0 Å². The molecule has 2 aromatic rings. The molecule has 1 aliphatic rings. The van der Waals surface area contributed by atoms with Crippen molar-refractivity contribution >= 4 is 16.8 Å². The molecule has 3 rings (SSSR count). The first-order valence-electron chi connectivity index (χ1n) is 8.36. The third-order valence-electron chi connectivity index (χ3n) is 4.83. The van der Waals surface area contributed by atoms with Gasteiger partial charge in [-0.2, -0.15) is 13.2 Å². The lowest BCUT2D eigenvalue weighted by molar-refractivity contribution is -0.189. The van der Waals surface area contributed by atoms with E-state index in [1.54, 1.807) is 0 Å². The van der Waals surface area contributed by atoms with Gasteiger partial charge in [-0.25, -0.2) is 0 Å². The van der Waals surface area contributed by atoms with E-state index in [9.17, 15) is 18.0 Å². The molecule has 2 atom stereocenters. The van der Waals surface area contributed by atoms with Crippen molar-refractivity contribution in [2.45, 2.75) is 50.7 Å². The number of alkyl halides is 3. The summed E-state index contributed by atoms with van der Waals surface area (Å²) in [5.74, 6) is -1.72. The zero-order chi connectivity index (χ0) is 17.2. The van der Waals surface area contributed by atoms with E-state index < -0.39 is 18.1 Å². The van der Waals surface area contributed by atoms with Crippen LogP contribution in [0.15, 0.2) is 30.5 Å². The van der Waals surface area contributed by atoms with E-state index in [4.69, 9.17) is 0 Å². The van der Waals surface area contributed by atoms with Crippen molar-refractivity contribution in [2.75, 3.05) is 0 Å². The molecule has 24 heavy (non-hydrogen) atoms. The Morgan fingerprint density at radius 2 is 1.96 bits per heavy atom. The number of rotatable bonds is 4. The highest BCUT2D eigenvalue weighted by molar-refractivity contribution is 5.84. The maximum absolute atomic E-state index is 13.1. The molecule has 3 nitrogen and oxygen atoms in total. The smallest absolute Gasteiger partial charge is 0.361 e. The fraction of sp³-hybridized carbons (Fsp3) is 0.500. The number of aromatic nitrogens is 1. The topological polar surface area (TPSA) is 44.9 Å². The molecule has 0 radical (unpaired) electrons. The molecular formula is C18H21F3N2O. The van der Waals surface area contributed by atoms with E-state index >= 15 is 0 Å². The maximum Gasteiger partial charge on any atom is 0.393 e. The Hall–Kier alpha value is -1.98. The number of nitrogens with one attached hydrogen (secondary N) is 2. The van der Waals surface area contributed by atoms with Gasteiger partial charge in [0, 0.05) is 29.6 Å². The third kappa shape index (κ3) is 3.74. The SMILES string of the molecule is O=C(CCc1c[nH]c2ccccc12)NC1CCCCC1C(F)(F)F. The molecular weight excluding hydrogens is 317 g/mol. The first-order chi connectivity index (χ1) is 11.4. The van der Waals surface area contributed by atoms with Crippen LogP contribution in [0.5, 0.6) is 0 Å².